The molecule has 1 aromatic heterocycles. The van der Waals surface area contributed by atoms with Crippen molar-refractivity contribution in [1.29, 1.82) is 0 Å². The van der Waals surface area contributed by atoms with Crippen molar-refractivity contribution >= 4 is 40.4 Å². The highest BCUT2D eigenvalue weighted by molar-refractivity contribution is 5.98. The summed E-state index contributed by atoms with van der Waals surface area (Å²) in [5.74, 6) is -2.06. The van der Waals surface area contributed by atoms with E-state index in [1.54, 1.807) is 22.9 Å². The minimum absolute atomic E-state index is 0.129. The Morgan fingerprint density at radius 3 is 2.40 bits per heavy atom. The number of nitrogens with zero attached hydrogens (tertiary/aromatic N) is 2. The maximum atomic E-state index is 14.1. The summed E-state index contributed by atoms with van der Waals surface area (Å²) in [5, 5.41) is 9.73. The van der Waals surface area contributed by atoms with Gasteiger partial charge in [0.25, 0.3) is 0 Å². The van der Waals surface area contributed by atoms with E-state index in [0.717, 1.165) is 34.9 Å². The third-order valence-corrected chi connectivity index (χ3v) is 10.2. The quantitative estimate of drug-likeness (QED) is 0.147. The zero-order chi connectivity index (χ0) is 37.0. The topological polar surface area (TPSA) is 160 Å². The molecule has 0 saturated carbocycles. The van der Waals surface area contributed by atoms with Crippen LogP contribution in [0.1, 0.15) is 82.8 Å². The van der Waals surface area contributed by atoms with E-state index in [2.05, 4.69) is 21.4 Å². The number of para-hydroxylation sites is 1. The highest BCUT2D eigenvalue weighted by Gasteiger charge is 2.41. The molecule has 2 fully saturated rings. The van der Waals surface area contributed by atoms with E-state index in [4.69, 9.17) is 9.68 Å². The number of hydrogen-bond donors (Lipinski definition) is 4. The highest BCUT2D eigenvalue weighted by Crippen LogP contribution is 2.24. The van der Waals surface area contributed by atoms with E-state index >= 15 is 0 Å². The van der Waals surface area contributed by atoms with Crippen molar-refractivity contribution in [2.75, 3.05) is 13.7 Å². The number of rotatable bonds is 14. The predicted molar refractivity (Wildman–Crippen MR) is 195 cm³/mol. The van der Waals surface area contributed by atoms with Crippen LogP contribution in [0, 0.1) is 5.92 Å². The van der Waals surface area contributed by atoms with Crippen molar-refractivity contribution in [1.82, 2.24) is 31.1 Å². The van der Waals surface area contributed by atoms with Gasteiger partial charge in [-0.1, -0.05) is 81.6 Å². The second kappa shape index (κ2) is 18.5. The van der Waals surface area contributed by atoms with E-state index in [0.29, 0.717) is 38.6 Å². The average molecular weight is 717 g/mol. The van der Waals surface area contributed by atoms with Crippen LogP contribution >= 0.6 is 0 Å². The molecule has 2 aliphatic rings. The first kappa shape index (κ1) is 38.3. The fraction of sp³-hybridized carbons (Fsp3) is 0.513. The van der Waals surface area contributed by atoms with Crippen LogP contribution in [0.15, 0.2) is 60.8 Å². The summed E-state index contributed by atoms with van der Waals surface area (Å²) in [6.07, 6.45) is 6.79. The van der Waals surface area contributed by atoms with E-state index < -0.39 is 36.0 Å². The molecule has 13 nitrogen and oxygen atoms in total. The number of carbonyl (C=O) groups is 5. The molecule has 0 radical (unpaired) electrons. The molecule has 5 rings (SSSR count). The fourth-order valence-corrected chi connectivity index (χ4v) is 6.99. The number of amides is 5. The normalized spacial score (nSPS) is 21.9. The number of aromatic nitrogens is 1. The first-order valence-electron chi connectivity index (χ1n) is 18.5. The molecule has 1 unspecified atom stereocenters. The molecule has 13 heteroatoms. The Bertz CT molecular complexity index is 1690. The molecule has 52 heavy (non-hydrogen) atoms. The molecule has 2 saturated heterocycles. The van der Waals surface area contributed by atoms with Crippen LogP contribution in [0.3, 0.4) is 0 Å². The monoisotopic (exact) mass is 716 g/mol. The van der Waals surface area contributed by atoms with Crippen LogP contribution in [-0.2, 0) is 41.8 Å². The maximum absolute atomic E-state index is 14.1. The van der Waals surface area contributed by atoms with Crippen LogP contribution in [0.4, 0.5) is 0 Å². The lowest BCUT2D eigenvalue weighted by Crippen LogP contribution is -2.64. The van der Waals surface area contributed by atoms with Gasteiger partial charge in [0.2, 0.25) is 29.5 Å². The van der Waals surface area contributed by atoms with Crippen molar-refractivity contribution in [2.45, 2.75) is 109 Å². The minimum Gasteiger partial charge on any atom is -0.417 e. The van der Waals surface area contributed by atoms with E-state index in [9.17, 15) is 24.0 Å². The van der Waals surface area contributed by atoms with Crippen LogP contribution in [0.2, 0.25) is 0 Å². The lowest BCUT2D eigenvalue weighted by molar-refractivity contribution is -0.147. The number of piperidine rings is 1. The Balaban J connectivity index is 1.31. The number of benzene rings is 2. The van der Waals surface area contributed by atoms with Gasteiger partial charge in [0.15, 0.2) is 0 Å². The number of hydroxylamine groups is 1. The number of unbranched alkanes of at least 4 members (excludes halogenated alkanes) is 2. The third kappa shape index (κ3) is 9.69. The lowest BCUT2D eigenvalue weighted by atomic mass is 9.93. The van der Waals surface area contributed by atoms with Gasteiger partial charge in [0.05, 0.1) is 12.1 Å². The fourth-order valence-electron chi connectivity index (χ4n) is 6.99. The van der Waals surface area contributed by atoms with Gasteiger partial charge in [-0.2, -0.15) is 4.73 Å². The predicted octanol–water partition coefficient (Wildman–Crippen LogP) is 3.34. The standard InChI is InChI=1S/C39H52N6O7/c1-4-26(2)35-39(50)44-22-14-13-20-33(44)38(49)40-30(18-9-6-10-21-34(46)43-52-25-27-15-7-5-8-16-27)36(47)41-31(37(48)42-35)23-28-24-45(51-3)32-19-12-11-17-29(28)32/h5,7-8,11-12,15-17,19,24,26,30-31,33,35H,4,6,9-10,13-14,18,20-23,25H2,1-3H3,(H,40,49)(H,41,47)(H,42,48)(H,43,46)/t26?,30-,31-,33+,35-/m0/s1. The first-order valence-corrected chi connectivity index (χ1v) is 18.5. The smallest absolute Gasteiger partial charge is 0.246 e. The summed E-state index contributed by atoms with van der Waals surface area (Å²) in [7, 11) is 1.55. The Morgan fingerprint density at radius 2 is 1.63 bits per heavy atom. The van der Waals surface area contributed by atoms with E-state index in [1.165, 1.54) is 0 Å². The average Bonchev–Trinajstić information content (AvgIpc) is 3.52. The van der Waals surface area contributed by atoms with Gasteiger partial charge >= 0.3 is 0 Å². The van der Waals surface area contributed by atoms with Gasteiger partial charge in [-0.05, 0) is 55.2 Å². The molecule has 5 atom stereocenters. The summed E-state index contributed by atoms with van der Waals surface area (Å²) in [5.41, 5.74) is 5.00. The molecule has 3 aromatic rings. The van der Waals surface area contributed by atoms with E-state index in [1.807, 2.05) is 68.4 Å². The molecule has 2 aliphatic heterocycles. The van der Waals surface area contributed by atoms with Crippen molar-refractivity contribution in [3.8, 4) is 0 Å². The van der Waals surface area contributed by atoms with Crippen molar-refractivity contribution in [2.24, 2.45) is 5.92 Å². The van der Waals surface area contributed by atoms with Gasteiger partial charge in [0.1, 0.15) is 31.3 Å². The lowest BCUT2D eigenvalue weighted by Gasteiger charge is -2.39. The van der Waals surface area contributed by atoms with Gasteiger partial charge in [-0.25, -0.2) is 5.48 Å². The van der Waals surface area contributed by atoms with Gasteiger partial charge in [-0.15, -0.1) is 0 Å². The molecular formula is C39H52N6O7. The molecular weight excluding hydrogens is 664 g/mol. The second-order valence-electron chi connectivity index (χ2n) is 13.8. The van der Waals surface area contributed by atoms with Crippen molar-refractivity contribution in [3.63, 3.8) is 0 Å². The molecule has 2 aromatic carbocycles. The van der Waals surface area contributed by atoms with E-state index in [-0.39, 0.29) is 49.5 Å². The molecule has 0 aliphatic carbocycles. The Kier molecular flexibility index (Phi) is 13.7. The zero-order valence-corrected chi connectivity index (χ0v) is 30.4. The SMILES string of the molecule is CCC(C)[C@@H]1NC(=O)[C@H](Cc2cn(OC)c3ccccc23)NC(=O)[C@H](CCCCCC(=O)NOCc2ccccc2)NC(=O)[C@H]2CCCCN2C1=O. The molecule has 3 heterocycles. The number of hydrogen-bond acceptors (Lipinski definition) is 7. The first-order chi connectivity index (χ1) is 25.2. The Hall–Kier alpha value is -4.91. The minimum atomic E-state index is -1.04. The third-order valence-electron chi connectivity index (χ3n) is 10.2. The molecule has 280 valence electrons. The largest absolute Gasteiger partial charge is 0.417 e. The van der Waals surface area contributed by atoms with Crippen LogP contribution in [0.5, 0.6) is 0 Å². The van der Waals surface area contributed by atoms with Gasteiger partial charge < -0.3 is 25.7 Å². The maximum Gasteiger partial charge on any atom is 0.246 e. The van der Waals surface area contributed by atoms with Crippen LogP contribution in [0.25, 0.3) is 10.9 Å². The summed E-state index contributed by atoms with van der Waals surface area (Å²) in [6, 6.07) is 13.5. The Labute approximate surface area is 305 Å². The van der Waals surface area contributed by atoms with Crippen LogP contribution < -0.4 is 26.3 Å². The van der Waals surface area contributed by atoms with Gasteiger partial charge in [0, 0.05) is 31.0 Å². The van der Waals surface area contributed by atoms with Crippen molar-refractivity contribution < 1.29 is 33.6 Å². The Morgan fingerprint density at radius 1 is 0.904 bits per heavy atom. The summed E-state index contributed by atoms with van der Waals surface area (Å²) < 4.78 is 1.61. The van der Waals surface area contributed by atoms with Crippen LogP contribution in [-0.4, -0.2) is 77.0 Å². The number of carbonyl (C=O) groups excluding carboxylic acids is 5. The second-order valence-corrected chi connectivity index (χ2v) is 13.8. The summed E-state index contributed by atoms with van der Waals surface area (Å²) in [4.78, 5) is 81.0. The molecule has 5 amide bonds. The van der Waals surface area contributed by atoms with Crippen molar-refractivity contribution in [3.05, 3.63) is 71.9 Å². The zero-order valence-electron chi connectivity index (χ0n) is 30.4. The molecule has 0 spiro atoms. The molecule has 0 bridgehead atoms. The number of fused-ring (bicyclic) bond motifs is 2. The summed E-state index contributed by atoms with van der Waals surface area (Å²) in [6.45, 7) is 4.52. The number of nitrogens with one attached hydrogen (secondary N) is 4. The molecule has 4 N–H and O–H groups in total. The van der Waals surface area contributed by atoms with Gasteiger partial charge in [-0.3, -0.25) is 28.8 Å². The highest BCUT2D eigenvalue weighted by atomic mass is 16.7. The summed E-state index contributed by atoms with van der Waals surface area (Å²) >= 11 is 0.